The van der Waals surface area contributed by atoms with Crippen LogP contribution in [0.15, 0.2) is 41.7 Å². The molecule has 0 aliphatic carbocycles. The Morgan fingerprint density at radius 1 is 1.30 bits per heavy atom. The van der Waals surface area contributed by atoms with Gasteiger partial charge in [0.25, 0.3) is 0 Å². The predicted molar refractivity (Wildman–Crippen MR) is 102 cm³/mol. The lowest BCUT2D eigenvalue weighted by molar-refractivity contribution is -0.149. The van der Waals surface area contributed by atoms with Crippen molar-refractivity contribution in [3.8, 4) is 5.69 Å². The number of guanidine groups is 1. The zero-order chi connectivity index (χ0) is 19.1. The summed E-state index contributed by atoms with van der Waals surface area (Å²) in [6.45, 7) is 4.33. The number of hydrogen-bond acceptors (Lipinski definition) is 5. The van der Waals surface area contributed by atoms with Gasteiger partial charge in [-0.3, -0.25) is 14.4 Å². The first kappa shape index (κ1) is 18.9. The van der Waals surface area contributed by atoms with E-state index < -0.39 is 0 Å². The molecule has 2 heterocycles. The minimum Gasteiger partial charge on any atom is -0.466 e. The highest BCUT2D eigenvalue weighted by molar-refractivity contribution is 5.80. The third-order valence-electron chi connectivity index (χ3n) is 4.68. The summed E-state index contributed by atoms with van der Waals surface area (Å²) in [4.78, 5) is 18.4. The Hall–Kier alpha value is -2.90. The van der Waals surface area contributed by atoms with Crippen molar-refractivity contribution in [1.29, 1.82) is 0 Å². The van der Waals surface area contributed by atoms with Crippen LogP contribution in [0.4, 0.5) is 0 Å². The number of hydrogen-bond donors (Lipinski definition) is 1. The van der Waals surface area contributed by atoms with Crippen LogP contribution in [0.5, 0.6) is 0 Å². The first-order valence-corrected chi connectivity index (χ1v) is 9.29. The van der Waals surface area contributed by atoms with Crippen molar-refractivity contribution in [2.24, 2.45) is 10.9 Å². The Labute approximate surface area is 159 Å². The fraction of sp³-hybridized carbons (Fsp3) is 0.474. The van der Waals surface area contributed by atoms with E-state index in [0.717, 1.165) is 43.4 Å². The molecule has 1 aromatic carbocycles. The van der Waals surface area contributed by atoms with Crippen LogP contribution >= 0.6 is 0 Å². The SMILES string of the molecule is CCOC(=O)C1CCN(C(=NC)NCc2nncn2-c2ccccc2)CC1. The van der Waals surface area contributed by atoms with Crippen LogP contribution in [0.1, 0.15) is 25.6 Å². The van der Waals surface area contributed by atoms with Crippen molar-refractivity contribution < 1.29 is 9.53 Å². The smallest absolute Gasteiger partial charge is 0.309 e. The van der Waals surface area contributed by atoms with E-state index in [1.54, 1.807) is 13.4 Å². The topological polar surface area (TPSA) is 84.6 Å². The van der Waals surface area contributed by atoms with Crippen molar-refractivity contribution in [1.82, 2.24) is 25.0 Å². The minimum absolute atomic E-state index is 0.0134. The third kappa shape index (κ3) is 4.64. The molecule has 144 valence electrons. The monoisotopic (exact) mass is 370 g/mol. The van der Waals surface area contributed by atoms with Gasteiger partial charge >= 0.3 is 5.97 Å². The summed E-state index contributed by atoms with van der Waals surface area (Å²) < 4.78 is 7.09. The number of esters is 1. The second kappa shape index (κ2) is 9.16. The van der Waals surface area contributed by atoms with Crippen LogP contribution in [0.25, 0.3) is 5.69 Å². The van der Waals surface area contributed by atoms with Gasteiger partial charge in [-0.25, -0.2) is 0 Å². The summed E-state index contributed by atoms with van der Waals surface area (Å²) in [7, 11) is 1.77. The van der Waals surface area contributed by atoms with Gasteiger partial charge in [-0.1, -0.05) is 18.2 Å². The van der Waals surface area contributed by atoms with Gasteiger partial charge in [-0.05, 0) is 31.9 Å². The van der Waals surface area contributed by atoms with Crippen LogP contribution in [0.2, 0.25) is 0 Å². The molecule has 0 spiro atoms. The maximum absolute atomic E-state index is 11.9. The van der Waals surface area contributed by atoms with Crippen molar-refractivity contribution in [2.75, 3.05) is 26.7 Å². The Morgan fingerprint density at radius 3 is 2.70 bits per heavy atom. The quantitative estimate of drug-likeness (QED) is 0.489. The average molecular weight is 370 g/mol. The summed E-state index contributed by atoms with van der Waals surface area (Å²) in [5, 5.41) is 11.6. The predicted octanol–water partition coefficient (Wildman–Crippen LogP) is 1.62. The summed E-state index contributed by atoms with van der Waals surface area (Å²) in [6, 6.07) is 9.98. The average Bonchev–Trinajstić information content (AvgIpc) is 3.18. The molecule has 1 aliphatic rings. The molecule has 1 N–H and O–H groups in total. The van der Waals surface area contributed by atoms with Gasteiger partial charge in [0.05, 0.1) is 19.1 Å². The first-order valence-electron chi connectivity index (χ1n) is 9.29. The second-order valence-electron chi connectivity index (χ2n) is 6.37. The molecule has 27 heavy (non-hydrogen) atoms. The molecule has 0 atom stereocenters. The highest BCUT2D eigenvalue weighted by Gasteiger charge is 2.27. The number of ether oxygens (including phenoxy) is 1. The fourth-order valence-electron chi connectivity index (χ4n) is 3.26. The molecule has 8 heteroatoms. The standard InChI is InChI=1S/C19H26N6O2/c1-3-27-18(26)15-9-11-24(12-10-15)19(20-2)21-13-17-23-22-14-25(17)16-7-5-4-6-8-16/h4-8,14-15H,3,9-13H2,1-2H3,(H,20,21). The zero-order valence-corrected chi connectivity index (χ0v) is 15.8. The van der Waals surface area contributed by atoms with Crippen molar-refractivity contribution in [2.45, 2.75) is 26.3 Å². The summed E-state index contributed by atoms with van der Waals surface area (Å²) >= 11 is 0. The Morgan fingerprint density at radius 2 is 2.04 bits per heavy atom. The van der Waals surface area contributed by atoms with Gasteiger partial charge in [0, 0.05) is 25.8 Å². The molecule has 1 saturated heterocycles. The van der Waals surface area contributed by atoms with Gasteiger partial charge in [0.1, 0.15) is 6.33 Å². The number of nitrogens with one attached hydrogen (secondary N) is 1. The molecular weight excluding hydrogens is 344 g/mol. The number of likely N-dealkylation sites (tertiary alicyclic amines) is 1. The number of carbonyl (C=O) groups excluding carboxylic acids is 1. The van der Waals surface area contributed by atoms with Crippen molar-refractivity contribution in [3.05, 3.63) is 42.5 Å². The molecule has 2 aromatic rings. The summed E-state index contributed by atoms with van der Waals surface area (Å²) in [5.74, 6) is 1.51. The van der Waals surface area contributed by atoms with E-state index in [1.165, 1.54) is 0 Å². The lowest BCUT2D eigenvalue weighted by atomic mass is 9.97. The van der Waals surface area contributed by atoms with E-state index in [0.29, 0.717) is 13.2 Å². The molecule has 0 unspecified atom stereocenters. The van der Waals surface area contributed by atoms with E-state index in [9.17, 15) is 4.79 Å². The van der Waals surface area contributed by atoms with Gasteiger partial charge < -0.3 is 15.0 Å². The van der Waals surface area contributed by atoms with Crippen LogP contribution in [0, 0.1) is 5.92 Å². The van der Waals surface area contributed by atoms with Crippen LogP contribution in [-0.4, -0.2) is 58.3 Å². The highest BCUT2D eigenvalue weighted by Crippen LogP contribution is 2.19. The molecule has 0 amide bonds. The van der Waals surface area contributed by atoms with Gasteiger partial charge in [0.2, 0.25) is 0 Å². The van der Waals surface area contributed by atoms with E-state index in [-0.39, 0.29) is 11.9 Å². The lowest BCUT2D eigenvalue weighted by Gasteiger charge is -2.33. The number of aliphatic imine (C=N–C) groups is 1. The van der Waals surface area contributed by atoms with Gasteiger partial charge in [0.15, 0.2) is 11.8 Å². The fourth-order valence-corrected chi connectivity index (χ4v) is 3.26. The van der Waals surface area contributed by atoms with Crippen molar-refractivity contribution in [3.63, 3.8) is 0 Å². The number of benzene rings is 1. The molecule has 1 aromatic heterocycles. The lowest BCUT2D eigenvalue weighted by Crippen LogP contribution is -2.46. The molecule has 8 nitrogen and oxygen atoms in total. The Kier molecular flexibility index (Phi) is 6.40. The number of rotatable bonds is 5. The maximum Gasteiger partial charge on any atom is 0.309 e. The molecule has 3 rings (SSSR count). The largest absolute Gasteiger partial charge is 0.466 e. The van der Waals surface area contributed by atoms with E-state index in [1.807, 2.05) is 41.8 Å². The first-order chi connectivity index (χ1) is 13.2. The molecular formula is C19H26N6O2. The third-order valence-corrected chi connectivity index (χ3v) is 4.68. The van der Waals surface area contributed by atoms with E-state index in [2.05, 4.69) is 25.4 Å². The van der Waals surface area contributed by atoms with Crippen LogP contribution < -0.4 is 5.32 Å². The number of piperidine rings is 1. The summed E-state index contributed by atoms with van der Waals surface area (Å²) in [6.07, 6.45) is 3.26. The number of aromatic nitrogens is 3. The summed E-state index contributed by atoms with van der Waals surface area (Å²) in [5.41, 5.74) is 1.02. The number of nitrogens with zero attached hydrogens (tertiary/aromatic N) is 5. The Bertz CT molecular complexity index is 766. The minimum atomic E-state index is -0.0870. The van der Waals surface area contributed by atoms with E-state index in [4.69, 9.17) is 4.74 Å². The van der Waals surface area contributed by atoms with Crippen LogP contribution in [-0.2, 0) is 16.1 Å². The van der Waals surface area contributed by atoms with Crippen LogP contribution in [0.3, 0.4) is 0 Å². The number of para-hydroxylation sites is 1. The van der Waals surface area contributed by atoms with Gasteiger partial charge in [-0.15, -0.1) is 10.2 Å². The van der Waals surface area contributed by atoms with Gasteiger partial charge in [-0.2, -0.15) is 0 Å². The molecule has 0 saturated carbocycles. The maximum atomic E-state index is 11.9. The highest BCUT2D eigenvalue weighted by atomic mass is 16.5. The normalized spacial score (nSPS) is 15.6. The zero-order valence-electron chi connectivity index (χ0n) is 15.8. The Balaban J connectivity index is 1.57. The molecule has 0 bridgehead atoms. The van der Waals surface area contributed by atoms with E-state index >= 15 is 0 Å². The molecule has 0 radical (unpaired) electrons. The molecule has 1 fully saturated rings. The number of carbonyl (C=O) groups is 1. The molecule has 1 aliphatic heterocycles. The second-order valence-corrected chi connectivity index (χ2v) is 6.37. The van der Waals surface area contributed by atoms with Crippen molar-refractivity contribution >= 4 is 11.9 Å².